The Balaban J connectivity index is 2.36. The Bertz CT molecular complexity index is 549. The molecule has 0 saturated carbocycles. The van der Waals surface area contributed by atoms with Crippen molar-refractivity contribution < 1.29 is 5.11 Å². The van der Waals surface area contributed by atoms with E-state index in [0.717, 1.165) is 23.5 Å². The van der Waals surface area contributed by atoms with Gasteiger partial charge >= 0.3 is 0 Å². The number of phenols is 1. The number of rotatable bonds is 5. The van der Waals surface area contributed by atoms with Crippen LogP contribution in [0.3, 0.4) is 0 Å². The molecule has 3 nitrogen and oxygen atoms in total. The lowest BCUT2D eigenvalue weighted by Crippen LogP contribution is -2.07. The van der Waals surface area contributed by atoms with Crippen molar-refractivity contribution in [3.05, 3.63) is 34.8 Å². The molecule has 0 saturated heterocycles. The summed E-state index contributed by atoms with van der Waals surface area (Å²) in [6.07, 6.45) is 0.992. The summed E-state index contributed by atoms with van der Waals surface area (Å²) >= 11 is 1.70. The van der Waals surface area contributed by atoms with E-state index in [0.29, 0.717) is 5.92 Å². The second kappa shape index (κ2) is 6.17. The fraction of sp³-hybridized carbons (Fsp3) is 0.400. The first-order valence-electron chi connectivity index (χ1n) is 6.52. The quantitative estimate of drug-likeness (QED) is 0.879. The highest BCUT2D eigenvalue weighted by Crippen LogP contribution is 2.31. The molecule has 4 heteroatoms. The van der Waals surface area contributed by atoms with E-state index in [-0.39, 0.29) is 5.75 Å². The lowest BCUT2D eigenvalue weighted by Gasteiger charge is -2.03. The Kier molecular flexibility index (Phi) is 4.56. The lowest BCUT2D eigenvalue weighted by atomic mass is 10.1. The van der Waals surface area contributed by atoms with Gasteiger partial charge in [-0.05, 0) is 31.5 Å². The molecule has 0 fully saturated rings. The van der Waals surface area contributed by atoms with Crippen molar-refractivity contribution in [3.63, 3.8) is 0 Å². The van der Waals surface area contributed by atoms with E-state index in [1.807, 2.05) is 19.2 Å². The summed E-state index contributed by atoms with van der Waals surface area (Å²) in [6.45, 7) is 5.26. The van der Waals surface area contributed by atoms with Crippen LogP contribution >= 0.6 is 11.3 Å². The normalized spacial score (nSPS) is 11.2. The molecule has 0 radical (unpaired) electrons. The van der Waals surface area contributed by atoms with Gasteiger partial charge < -0.3 is 10.4 Å². The van der Waals surface area contributed by atoms with Crippen molar-refractivity contribution in [1.29, 1.82) is 0 Å². The van der Waals surface area contributed by atoms with E-state index in [1.165, 1.54) is 10.6 Å². The van der Waals surface area contributed by atoms with Crippen LogP contribution in [0.25, 0.3) is 10.6 Å². The van der Waals surface area contributed by atoms with E-state index in [9.17, 15) is 5.11 Å². The van der Waals surface area contributed by atoms with E-state index in [4.69, 9.17) is 4.98 Å². The minimum atomic E-state index is 0.285. The smallest absolute Gasteiger partial charge is 0.124 e. The summed E-state index contributed by atoms with van der Waals surface area (Å²) in [6, 6.07) is 7.29. The van der Waals surface area contributed by atoms with Gasteiger partial charge in [-0.2, -0.15) is 0 Å². The Hall–Kier alpha value is -1.39. The molecule has 0 unspecified atom stereocenters. The van der Waals surface area contributed by atoms with Crippen LogP contribution in [0.5, 0.6) is 5.75 Å². The summed E-state index contributed by atoms with van der Waals surface area (Å²) in [5.41, 5.74) is 2.16. The van der Waals surface area contributed by atoms with Gasteiger partial charge in [0.05, 0.1) is 5.69 Å². The largest absolute Gasteiger partial charge is 0.508 e. The first-order chi connectivity index (χ1) is 9.10. The maximum absolute atomic E-state index is 9.56. The first kappa shape index (κ1) is 14.0. The second-order valence-electron chi connectivity index (χ2n) is 5.07. The zero-order valence-corrected chi connectivity index (χ0v) is 12.4. The second-order valence-corrected chi connectivity index (χ2v) is 6.15. The molecule has 0 aliphatic heterocycles. The van der Waals surface area contributed by atoms with Gasteiger partial charge in [-0.3, -0.25) is 0 Å². The predicted octanol–water partition coefficient (Wildman–Crippen LogP) is 3.43. The van der Waals surface area contributed by atoms with Crippen molar-refractivity contribution in [2.75, 3.05) is 7.05 Å². The van der Waals surface area contributed by atoms with Crippen LogP contribution in [0.1, 0.15) is 24.4 Å². The molecule has 2 aromatic rings. The average Bonchev–Trinajstić information content (AvgIpc) is 2.72. The molecule has 2 N–H and O–H groups in total. The molecule has 1 heterocycles. The summed E-state index contributed by atoms with van der Waals surface area (Å²) in [5, 5.41) is 13.7. The zero-order chi connectivity index (χ0) is 13.8. The molecule has 102 valence electrons. The Morgan fingerprint density at radius 1 is 1.37 bits per heavy atom. The molecule has 0 bridgehead atoms. The fourth-order valence-corrected chi connectivity index (χ4v) is 3.09. The standard InChI is InChI=1S/C15H20N2OS/c1-10(2)7-13-14(9-16-3)19-15(17-13)11-5-4-6-12(18)8-11/h4-6,8,10,16,18H,7,9H2,1-3H3. The maximum atomic E-state index is 9.56. The van der Waals surface area contributed by atoms with Gasteiger partial charge in [-0.25, -0.2) is 4.98 Å². The number of phenolic OH excluding ortho intramolecular Hbond substituents is 1. The zero-order valence-electron chi connectivity index (χ0n) is 11.6. The molecule has 0 spiro atoms. The van der Waals surface area contributed by atoms with E-state index in [2.05, 4.69) is 19.2 Å². The Morgan fingerprint density at radius 3 is 2.79 bits per heavy atom. The minimum Gasteiger partial charge on any atom is -0.508 e. The van der Waals surface area contributed by atoms with Gasteiger partial charge in [-0.15, -0.1) is 11.3 Å². The van der Waals surface area contributed by atoms with E-state index in [1.54, 1.807) is 23.5 Å². The number of thiazole rings is 1. The molecule has 0 aliphatic carbocycles. The number of aromatic nitrogens is 1. The van der Waals surface area contributed by atoms with Gasteiger partial charge in [0.25, 0.3) is 0 Å². The monoisotopic (exact) mass is 276 g/mol. The van der Waals surface area contributed by atoms with Crippen LogP contribution in [0.15, 0.2) is 24.3 Å². The number of nitrogens with zero attached hydrogens (tertiary/aromatic N) is 1. The van der Waals surface area contributed by atoms with Crippen LogP contribution in [0.4, 0.5) is 0 Å². The molecule has 0 amide bonds. The predicted molar refractivity (Wildman–Crippen MR) is 80.5 cm³/mol. The van der Waals surface area contributed by atoms with Gasteiger partial charge in [0.1, 0.15) is 10.8 Å². The molecular weight excluding hydrogens is 256 g/mol. The molecular formula is C15H20N2OS. The highest BCUT2D eigenvalue weighted by molar-refractivity contribution is 7.15. The molecule has 0 aliphatic rings. The van der Waals surface area contributed by atoms with Crippen LogP contribution in [0, 0.1) is 5.92 Å². The average molecular weight is 276 g/mol. The first-order valence-corrected chi connectivity index (χ1v) is 7.34. The van der Waals surface area contributed by atoms with Gasteiger partial charge in [0.2, 0.25) is 0 Å². The fourth-order valence-electron chi connectivity index (χ4n) is 1.99. The molecule has 0 atom stereocenters. The Morgan fingerprint density at radius 2 is 2.16 bits per heavy atom. The summed E-state index contributed by atoms with van der Waals surface area (Å²) in [7, 11) is 1.95. The lowest BCUT2D eigenvalue weighted by molar-refractivity contribution is 0.475. The van der Waals surface area contributed by atoms with Crippen molar-refractivity contribution in [2.45, 2.75) is 26.8 Å². The van der Waals surface area contributed by atoms with Crippen molar-refractivity contribution >= 4 is 11.3 Å². The molecule has 19 heavy (non-hydrogen) atoms. The van der Waals surface area contributed by atoms with Gasteiger partial charge in [0, 0.05) is 17.0 Å². The molecule has 1 aromatic carbocycles. The Labute approximate surface area is 118 Å². The van der Waals surface area contributed by atoms with Crippen LogP contribution < -0.4 is 5.32 Å². The summed E-state index contributed by atoms with van der Waals surface area (Å²) < 4.78 is 0. The van der Waals surface area contributed by atoms with Crippen molar-refractivity contribution in [1.82, 2.24) is 10.3 Å². The van der Waals surface area contributed by atoms with Gasteiger partial charge in [-0.1, -0.05) is 26.0 Å². The highest BCUT2D eigenvalue weighted by Gasteiger charge is 2.13. The number of hydrogen-bond donors (Lipinski definition) is 2. The third kappa shape index (κ3) is 3.55. The van der Waals surface area contributed by atoms with E-state index < -0.39 is 0 Å². The number of benzene rings is 1. The van der Waals surface area contributed by atoms with Crippen LogP contribution in [-0.4, -0.2) is 17.1 Å². The van der Waals surface area contributed by atoms with Crippen LogP contribution in [0.2, 0.25) is 0 Å². The SMILES string of the molecule is CNCc1sc(-c2cccc(O)c2)nc1CC(C)C. The van der Waals surface area contributed by atoms with Crippen LogP contribution in [-0.2, 0) is 13.0 Å². The minimum absolute atomic E-state index is 0.285. The third-order valence-electron chi connectivity index (χ3n) is 2.81. The molecule has 2 rings (SSSR count). The number of nitrogens with one attached hydrogen (secondary N) is 1. The number of aromatic hydroxyl groups is 1. The summed E-state index contributed by atoms with van der Waals surface area (Å²) in [5.74, 6) is 0.878. The molecule has 1 aromatic heterocycles. The number of hydrogen-bond acceptors (Lipinski definition) is 4. The summed E-state index contributed by atoms with van der Waals surface area (Å²) in [4.78, 5) is 6.03. The maximum Gasteiger partial charge on any atom is 0.124 e. The highest BCUT2D eigenvalue weighted by atomic mass is 32.1. The van der Waals surface area contributed by atoms with E-state index >= 15 is 0 Å². The van der Waals surface area contributed by atoms with Crippen molar-refractivity contribution in [2.24, 2.45) is 5.92 Å². The third-order valence-corrected chi connectivity index (χ3v) is 3.96. The van der Waals surface area contributed by atoms with Crippen molar-refractivity contribution in [3.8, 4) is 16.3 Å². The topological polar surface area (TPSA) is 45.1 Å². The van der Waals surface area contributed by atoms with Gasteiger partial charge in [0.15, 0.2) is 0 Å².